The third kappa shape index (κ3) is 4.92. The molecule has 0 bridgehead atoms. The number of amides is 2. The smallest absolute Gasteiger partial charge is 0.407 e. The zero-order valence-electron chi connectivity index (χ0n) is 19.2. The highest BCUT2D eigenvalue weighted by Gasteiger charge is 2.37. The van der Waals surface area contributed by atoms with Gasteiger partial charge in [-0.3, -0.25) is 9.59 Å². The van der Waals surface area contributed by atoms with Gasteiger partial charge in [0.15, 0.2) is 0 Å². The van der Waals surface area contributed by atoms with Crippen molar-refractivity contribution in [3.63, 3.8) is 0 Å². The number of likely N-dealkylation sites (tertiary alicyclic amines) is 1. The van der Waals surface area contributed by atoms with E-state index in [1.807, 2.05) is 55.5 Å². The van der Waals surface area contributed by atoms with Gasteiger partial charge in [-0.2, -0.15) is 0 Å². The van der Waals surface area contributed by atoms with Crippen LogP contribution in [0.1, 0.15) is 49.7 Å². The van der Waals surface area contributed by atoms with E-state index >= 15 is 0 Å². The number of benzene rings is 2. The Labute approximate surface area is 198 Å². The van der Waals surface area contributed by atoms with Crippen LogP contribution in [-0.2, 0) is 14.3 Å². The molecule has 0 radical (unpaired) electrons. The first-order valence-electron chi connectivity index (χ1n) is 11.7. The second kappa shape index (κ2) is 9.85. The molecule has 34 heavy (non-hydrogen) atoms. The Bertz CT molecular complexity index is 1040. The van der Waals surface area contributed by atoms with Gasteiger partial charge in [-0.1, -0.05) is 55.5 Å². The highest BCUT2D eigenvalue weighted by atomic mass is 16.5. The minimum Gasteiger partial charge on any atom is -0.481 e. The van der Waals surface area contributed by atoms with Gasteiger partial charge in [0.1, 0.15) is 12.6 Å². The molecule has 0 aromatic heterocycles. The lowest BCUT2D eigenvalue weighted by Crippen LogP contribution is -2.56. The lowest BCUT2D eigenvalue weighted by atomic mass is 9.90. The van der Waals surface area contributed by atoms with E-state index in [-0.39, 0.29) is 19.1 Å². The summed E-state index contributed by atoms with van der Waals surface area (Å²) >= 11 is 0. The van der Waals surface area contributed by atoms with Crippen LogP contribution in [0.4, 0.5) is 4.79 Å². The van der Waals surface area contributed by atoms with E-state index in [1.165, 1.54) is 4.90 Å². The standard InChI is InChI=1S/C26H30N2O6/c1-2-26(33)12-7-13-28(16-26)24(31)22(14-23(29)30)27-25(32)34-15-21-19-10-5-3-8-17(19)18-9-4-6-11-20(18)21/h3-6,8-11,21-22,33H,2,7,12-16H2,1H3,(H,27,32)(H,29,30). The van der Waals surface area contributed by atoms with E-state index in [2.05, 4.69) is 5.32 Å². The zero-order chi connectivity index (χ0) is 24.3. The second-order valence-electron chi connectivity index (χ2n) is 9.06. The van der Waals surface area contributed by atoms with Crippen molar-refractivity contribution in [3.8, 4) is 11.1 Å². The first-order chi connectivity index (χ1) is 16.3. The molecule has 8 heteroatoms. The maximum absolute atomic E-state index is 13.0. The van der Waals surface area contributed by atoms with Gasteiger partial charge in [0.05, 0.1) is 12.0 Å². The molecule has 2 aliphatic rings. The number of carbonyl (C=O) groups is 3. The maximum atomic E-state index is 13.0. The quantitative estimate of drug-likeness (QED) is 0.577. The number of nitrogens with zero attached hydrogens (tertiary/aromatic N) is 1. The number of fused-ring (bicyclic) bond motifs is 3. The minimum atomic E-state index is -1.27. The van der Waals surface area contributed by atoms with Crippen LogP contribution in [0.3, 0.4) is 0 Å². The molecule has 0 spiro atoms. The van der Waals surface area contributed by atoms with Gasteiger partial charge in [-0.25, -0.2) is 4.79 Å². The minimum absolute atomic E-state index is 0.0626. The SMILES string of the molecule is CCC1(O)CCCN(C(=O)C(CC(=O)O)NC(=O)OCC2c3ccccc3-c3ccccc32)C1. The van der Waals surface area contributed by atoms with Crippen LogP contribution < -0.4 is 5.32 Å². The Morgan fingerprint density at radius 1 is 1.12 bits per heavy atom. The number of alkyl carbamates (subject to hydrolysis) is 1. The van der Waals surface area contributed by atoms with Crippen molar-refractivity contribution >= 4 is 18.0 Å². The van der Waals surface area contributed by atoms with E-state index in [0.29, 0.717) is 25.8 Å². The van der Waals surface area contributed by atoms with Crippen LogP contribution >= 0.6 is 0 Å². The molecule has 8 nitrogen and oxygen atoms in total. The van der Waals surface area contributed by atoms with Gasteiger partial charge < -0.3 is 25.2 Å². The van der Waals surface area contributed by atoms with Crippen LogP contribution in [0.2, 0.25) is 0 Å². The fourth-order valence-electron chi connectivity index (χ4n) is 4.97. The second-order valence-corrected chi connectivity index (χ2v) is 9.06. The first kappa shape index (κ1) is 23.8. The summed E-state index contributed by atoms with van der Waals surface area (Å²) in [5, 5.41) is 22.3. The molecule has 1 heterocycles. The summed E-state index contributed by atoms with van der Waals surface area (Å²) in [7, 11) is 0. The number of β-amino-alcohol motifs (C(OH)–C–C–N with tert-alkyl or cyclic N) is 1. The number of nitrogens with one attached hydrogen (secondary N) is 1. The van der Waals surface area contributed by atoms with Crippen LogP contribution in [0, 0.1) is 0 Å². The van der Waals surface area contributed by atoms with Gasteiger partial charge in [-0.15, -0.1) is 0 Å². The molecule has 1 aliphatic carbocycles. The molecule has 2 aromatic carbocycles. The predicted molar refractivity (Wildman–Crippen MR) is 125 cm³/mol. The molecular weight excluding hydrogens is 436 g/mol. The predicted octanol–water partition coefficient (Wildman–Crippen LogP) is 3.13. The van der Waals surface area contributed by atoms with Crippen molar-refractivity contribution < 1.29 is 29.3 Å². The highest BCUT2D eigenvalue weighted by molar-refractivity contribution is 5.89. The highest BCUT2D eigenvalue weighted by Crippen LogP contribution is 2.44. The summed E-state index contributed by atoms with van der Waals surface area (Å²) < 4.78 is 5.49. The Morgan fingerprint density at radius 2 is 1.74 bits per heavy atom. The molecule has 3 N–H and O–H groups in total. The number of piperidine rings is 1. The van der Waals surface area contributed by atoms with E-state index < -0.39 is 36.0 Å². The summed E-state index contributed by atoms with van der Waals surface area (Å²) in [6, 6.07) is 14.6. The normalized spacial score (nSPS) is 20.2. The van der Waals surface area contributed by atoms with Crippen LogP contribution in [0.5, 0.6) is 0 Å². The molecule has 1 fully saturated rings. The van der Waals surface area contributed by atoms with E-state index in [0.717, 1.165) is 22.3 Å². The van der Waals surface area contributed by atoms with Crippen molar-refractivity contribution in [1.29, 1.82) is 0 Å². The number of hydrogen-bond donors (Lipinski definition) is 3. The average Bonchev–Trinajstić information content (AvgIpc) is 3.15. The van der Waals surface area contributed by atoms with Crippen molar-refractivity contribution in [2.45, 2.75) is 50.2 Å². The van der Waals surface area contributed by atoms with Crippen molar-refractivity contribution in [1.82, 2.24) is 10.2 Å². The van der Waals surface area contributed by atoms with Gasteiger partial charge in [-0.05, 0) is 41.5 Å². The number of hydrogen-bond acceptors (Lipinski definition) is 5. The number of ether oxygens (including phenoxy) is 1. The third-order valence-electron chi connectivity index (χ3n) is 6.84. The fraction of sp³-hybridized carbons (Fsp3) is 0.423. The topological polar surface area (TPSA) is 116 Å². The first-order valence-corrected chi connectivity index (χ1v) is 11.7. The summed E-state index contributed by atoms with van der Waals surface area (Å²) in [5.74, 6) is -1.88. The lowest BCUT2D eigenvalue weighted by Gasteiger charge is -2.39. The number of carboxylic acid groups (broad SMARTS) is 1. The molecular formula is C26H30N2O6. The lowest BCUT2D eigenvalue weighted by molar-refractivity contribution is -0.146. The van der Waals surface area contributed by atoms with Gasteiger partial charge in [0, 0.05) is 19.0 Å². The van der Waals surface area contributed by atoms with Gasteiger partial charge in [0.2, 0.25) is 5.91 Å². The average molecular weight is 467 g/mol. The van der Waals surface area contributed by atoms with Crippen molar-refractivity contribution in [2.24, 2.45) is 0 Å². The Kier molecular flexibility index (Phi) is 6.88. The summed E-state index contributed by atoms with van der Waals surface area (Å²) in [6.07, 6.45) is 0.270. The molecule has 2 atom stereocenters. The molecule has 1 aliphatic heterocycles. The summed E-state index contributed by atoms with van der Waals surface area (Å²) in [4.78, 5) is 38.5. The Morgan fingerprint density at radius 3 is 2.32 bits per heavy atom. The van der Waals surface area contributed by atoms with Crippen LogP contribution in [0.15, 0.2) is 48.5 Å². The van der Waals surface area contributed by atoms with Crippen molar-refractivity contribution in [2.75, 3.05) is 19.7 Å². The van der Waals surface area contributed by atoms with Crippen LogP contribution in [0.25, 0.3) is 11.1 Å². The Balaban J connectivity index is 1.43. The molecule has 2 amide bonds. The van der Waals surface area contributed by atoms with E-state index in [4.69, 9.17) is 4.74 Å². The molecule has 0 saturated carbocycles. The number of aliphatic hydroxyl groups is 1. The summed E-state index contributed by atoms with van der Waals surface area (Å²) in [6.45, 7) is 2.43. The van der Waals surface area contributed by atoms with Crippen LogP contribution in [-0.4, -0.2) is 64.4 Å². The molecule has 4 rings (SSSR count). The molecule has 1 saturated heterocycles. The number of rotatable bonds is 7. The third-order valence-corrected chi connectivity index (χ3v) is 6.84. The Hall–Kier alpha value is -3.39. The fourth-order valence-corrected chi connectivity index (χ4v) is 4.97. The monoisotopic (exact) mass is 466 g/mol. The van der Waals surface area contributed by atoms with E-state index in [9.17, 15) is 24.6 Å². The molecule has 2 aromatic rings. The van der Waals surface area contributed by atoms with Gasteiger partial charge >= 0.3 is 12.1 Å². The maximum Gasteiger partial charge on any atom is 0.407 e. The summed E-state index contributed by atoms with van der Waals surface area (Å²) in [5.41, 5.74) is 3.31. The zero-order valence-corrected chi connectivity index (χ0v) is 19.2. The van der Waals surface area contributed by atoms with Crippen molar-refractivity contribution in [3.05, 3.63) is 59.7 Å². The number of carbonyl (C=O) groups excluding carboxylic acids is 2. The van der Waals surface area contributed by atoms with E-state index in [1.54, 1.807) is 0 Å². The van der Waals surface area contributed by atoms with Gasteiger partial charge in [0.25, 0.3) is 0 Å². The molecule has 2 unspecified atom stereocenters. The number of aliphatic carboxylic acids is 1. The molecule has 180 valence electrons. The number of carboxylic acids is 1. The largest absolute Gasteiger partial charge is 0.481 e.